The number of benzene rings is 6. The van der Waals surface area contributed by atoms with Crippen LogP contribution in [0, 0.1) is 5.92 Å². The van der Waals surface area contributed by atoms with Crippen molar-refractivity contribution in [3.8, 4) is 11.5 Å². The lowest BCUT2D eigenvalue weighted by Crippen LogP contribution is -2.40. The van der Waals surface area contributed by atoms with Gasteiger partial charge < -0.3 is 28.9 Å². The fraction of sp³-hybridized carbons (Fsp3) is 0.281. The van der Waals surface area contributed by atoms with E-state index in [0.29, 0.717) is 35.5 Å². The third kappa shape index (κ3) is 9.97. The van der Waals surface area contributed by atoms with Crippen molar-refractivity contribution in [3.05, 3.63) is 185 Å². The smallest absolute Gasteiger partial charge is 0.326 e. The number of nitrogens with zero attached hydrogens (tertiary/aromatic N) is 4. The molecule has 2 amide bonds. The lowest BCUT2D eigenvalue weighted by molar-refractivity contribution is -0.152. The molecule has 12 nitrogen and oxygen atoms in total. The quantitative estimate of drug-likeness (QED) is 0.0269. The summed E-state index contributed by atoms with van der Waals surface area (Å²) in [6, 6.07) is 45.1. The highest BCUT2D eigenvalue weighted by Crippen LogP contribution is 2.44. The molecule has 0 spiro atoms. The van der Waals surface area contributed by atoms with Gasteiger partial charge in [0.15, 0.2) is 11.6 Å². The number of amides is 2. The molecule has 1 aliphatic carbocycles. The molecule has 2 unspecified atom stereocenters. The Morgan fingerprint density at radius 2 is 1.03 bits per heavy atom. The molecule has 0 aromatic heterocycles. The van der Waals surface area contributed by atoms with Crippen molar-refractivity contribution >= 4 is 46.4 Å². The Kier molecular flexibility index (Phi) is 14.3. The normalized spacial score (nSPS) is 15.5. The fourth-order valence-electron chi connectivity index (χ4n) is 9.35. The second-order valence-electron chi connectivity index (χ2n) is 18.2. The van der Waals surface area contributed by atoms with E-state index in [2.05, 4.69) is 0 Å². The standard InChI is InChI=1S/C57H58N4O8/c1-58(2)43-24-18-40(19-25-43)57(41-20-26-44(27-21-41)59(3)4,42-22-28-45(29-23-42)60(5)6)54(64)39-16-30-46(31-17-39)67-34-35-68-47-32-33-48-50(36-47)56(66)61(55(48)65)37-52(62)69-51-15-11-10-14-49(51)53(63)38-12-8-7-9-13-38/h7-9,12-13,16-33,36,49,51H,10-11,14-15,34-35,37H2,1-6H3. The summed E-state index contributed by atoms with van der Waals surface area (Å²) >= 11 is 0. The van der Waals surface area contributed by atoms with Gasteiger partial charge in [0.05, 0.1) is 17.0 Å². The van der Waals surface area contributed by atoms with Gasteiger partial charge in [0, 0.05) is 70.5 Å². The van der Waals surface area contributed by atoms with E-state index >= 15 is 4.79 Å². The highest BCUT2D eigenvalue weighted by atomic mass is 16.5. The van der Waals surface area contributed by atoms with Crippen LogP contribution in [0.1, 0.15) is 83.8 Å². The third-order valence-electron chi connectivity index (χ3n) is 13.1. The minimum absolute atomic E-state index is 0.0814. The van der Waals surface area contributed by atoms with Crippen LogP contribution in [0.4, 0.5) is 17.1 Å². The molecule has 8 rings (SSSR count). The second-order valence-corrected chi connectivity index (χ2v) is 18.2. The molecule has 2 aliphatic rings. The number of carbonyl (C=O) groups excluding carboxylic acids is 5. The number of anilines is 3. The second kappa shape index (κ2) is 20.6. The van der Waals surface area contributed by atoms with Crippen LogP contribution in [0.3, 0.4) is 0 Å². The summed E-state index contributed by atoms with van der Waals surface area (Å²) in [5, 5.41) is 0. The van der Waals surface area contributed by atoms with Gasteiger partial charge in [0.2, 0.25) is 0 Å². The Hall–Kier alpha value is -7.73. The number of fused-ring (bicyclic) bond motifs is 1. The van der Waals surface area contributed by atoms with Gasteiger partial charge in [0.1, 0.15) is 42.8 Å². The molecule has 6 aromatic rings. The van der Waals surface area contributed by atoms with Crippen LogP contribution in [0.15, 0.2) is 146 Å². The number of hydrogen-bond donors (Lipinski definition) is 0. The fourth-order valence-corrected chi connectivity index (χ4v) is 9.35. The number of ether oxygens (including phenoxy) is 3. The van der Waals surface area contributed by atoms with Gasteiger partial charge in [-0.25, -0.2) is 0 Å². The van der Waals surface area contributed by atoms with Crippen molar-refractivity contribution in [2.45, 2.75) is 37.2 Å². The summed E-state index contributed by atoms with van der Waals surface area (Å²) < 4.78 is 17.8. The molecule has 1 heterocycles. The zero-order valence-electron chi connectivity index (χ0n) is 40.0. The van der Waals surface area contributed by atoms with Gasteiger partial charge in [-0.3, -0.25) is 28.9 Å². The maximum absolute atomic E-state index is 15.4. The highest BCUT2D eigenvalue weighted by Gasteiger charge is 2.45. The Labute approximate surface area is 404 Å². The molecule has 0 radical (unpaired) electrons. The monoisotopic (exact) mass is 926 g/mol. The summed E-state index contributed by atoms with van der Waals surface area (Å²) in [4.78, 5) is 75.7. The molecule has 1 fully saturated rings. The van der Waals surface area contributed by atoms with E-state index in [1.165, 1.54) is 12.1 Å². The van der Waals surface area contributed by atoms with E-state index in [4.69, 9.17) is 14.2 Å². The van der Waals surface area contributed by atoms with Gasteiger partial charge in [-0.15, -0.1) is 0 Å². The van der Waals surface area contributed by atoms with E-state index in [1.807, 2.05) is 136 Å². The largest absolute Gasteiger partial charge is 0.490 e. The molecule has 1 saturated carbocycles. The topological polar surface area (TPSA) is 126 Å². The van der Waals surface area contributed by atoms with Gasteiger partial charge in [-0.1, -0.05) is 73.2 Å². The molecule has 0 saturated heterocycles. The van der Waals surface area contributed by atoms with Crippen molar-refractivity contribution in [1.82, 2.24) is 4.90 Å². The van der Waals surface area contributed by atoms with Gasteiger partial charge in [-0.05, 0) is 115 Å². The van der Waals surface area contributed by atoms with Crippen LogP contribution in [-0.2, 0) is 14.9 Å². The SMILES string of the molecule is CN(C)c1ccc(C(C(=O)c2ccc(OCCOc3ccc4c(c3)C(=O)N(CC(=O)OC3CCCCC3C(=O)c3ccccc3)C4=O)cc2)(c2ccc(N(C)C)cc2)c2ccc(N(C)C)cc2)cc1. The van der Waals surface area contributed by atoms with Crippen LogP contribution in [0.2, 0.25) is 0 Å². The Balaban J connectivity index is 0.935. The van der Waals surface area contributed by atoms with Crippen LogP contribution in [0.25, 0.3) is 0 Å². The van der Waals surface area contributed by atoms with Gasteiger partial charge in [-0.2, -0.15) is 0 Å². The molecule has 354 valence electrons. The molecule has 0 bridgehead atoms. The lowest BCUT2D eigenvalue weighted by Gasteiger charge is -2.35. The summed E-state index contributed by atoms with van der Waals surface area (Å²) in [7, 11) is 11.9. The first-order chi connectivity index (χ1) is 33.3. The number of carbonyl (C=O) groups is 5. The van der Waals surface area contributed by atoms with Gasteiger partial charge >= 0.3 is 5.97 Å². The van der Waals surface area contributed by atoms with Crippen molar-refractivity contribution in [2.75, 3.05) is 76.7 Å². The van der Waals surface area contributed by atoms with E-state index in [9.17, 15) is 19.2 Å². The van der Waals surface area contributed by atoms with Crippen LogP contribution < -0.4 is 24.2 Å². The van der Waals surface area contributed by atoms with Gasteiger partial charge in [0.25, 0.3) is 11.8 Å². The van der Waals surface area contributed by atoms with E-state index in [0.717, 1.165) is 51.5 Å². The first-order valence-electron chi connectivity index (χ1n) is 23.3. The van der Waals surface area contributed by atoms with E-state index < -0.39 is 41.8 Å². The molecule has 12 heteroatoms. The highest BCUT2D eigenvalue weighted by molar-refractivity contribution is 6.22. The molecule has 1 aliphatic heterocycles. The maximum Gasteiger partial charge on any atom is 0.326 e. The number of imide groups is 1. The predicted molar refractivity (Wildman–Crippen MR) is 268 cm³/mol. The zero-order valence-corrected chi connectivity index (χ0v) is 40.0. The van der Waals surface area contributed by atoms with Crippen molar-refractivity contribution in [1.29, 1.82) is 0 Å². The maximum atomic E-state index is 15.4. The Morgan fingerprint density at radius 3 is 1.55 bits per heavy atom. The van der Waals surface area contributed by atoms with Crippen LogP contribution >= 0.6 is 0 Å². The number of esters is 1. The van der Waals surface area contributed by atoms with Crippen molar-refractivity contribution in [3.63, 3.8) is 0 Å². The number of Topliss-reactive ketones (excluding diaryl/α,β-unsaturated/α-hetero) is 2. The summed E-state index contributed by atoms with van der Waals surface area (Å²) in [5.41, 5.74) is 5.67. The Morgan fingerprint density at radius 1 is 0.551 bits per heavy atom. The van der Waals surface area contributed by atoms with Crippen molar-refractivity contribution < 1.29 is 38.2 Å². The molecule has 0 N–H and O–H groups in total. The number of ketones is 2. The number of hydrogen-bond acceptors (Lipinski definition) is 11. The minimum Gasteiger partial charge on any atom is -0.490 e. The van der Waals surface area contributed by atoms with E-state index in [1.54, 1.807) is 54.6 Å². The Bertz CT molecular complexity index is 2680. The summed E-state index contributed by atoms with van der Waals surface area (Å²) in [5.74, 6) is -1.77. The third-order valence-corrected chi connectivity index (χ3v) is 13.1. The van der Waals surface area contributed by atoms with Crippen molar-refractivity contribution in [2.24, 2.45) is 5.92 Å². The predicted octanol–water partition coefficient (Wildman–Crippen LogP) is 9.14. The lowest BCUT2D eigenvalue weighted by atomic mass is 9.65. The molecule has 2 atom stereocenters. The summed E-state index contributed by atoms with van der Waals surface area (Å²) in [6.45, 7) is -0.315. The average molecular weight is 927 g/mol. The molecular weight excluding hydrogens is 869 g/mol. The summed E-state index contributed by atoms with van der Waals surface area (Å²) in [6.07, 6.45) is 2.13. The number of rotatable bonds is 18. The first kappa shape index (κ1) is 47.8. The minimum atomic E-state index is -1.21. The van der Waals surface area contributed by atoms with Crippen LogP contribution in [-0.4, -0.2) is 102 Å². The zero-order chi connectivity index (χ0) is 48.8. The molecular formula is C57H58N4O8. The molecule has 69 heavy (non-hydrogen) atoms. The molecule has 6 aromatic carbocycles. The average Bonchev–Trinajstić information content (AvgIpc) is 3.60. The van der Waals surface area contributed by atoms with E-state index in [-0.39, 0.29) is 35.9 Å². The first-order valence-corrected chi connectivity index (χ1v) is 23.3. The van der Waals surface area contributed by atoms with Crippen LogP contribution in [0.5, 0.6) is 11.5 Å².